The summed E-state index contributed by atoms with van der Waals surface area (Å²) >= 11 is 0. The quantitative estimate of drug-likeness (QED) is 0.878. The van der Waals surface area contributed by atoms with Crippen molar-refractivity contribution in [1.29, 1.82) is 0 Å². The fourth-order valence-electron chi connectivity index (χ4n) is 2.64. The van der Waals surface area contributed by atoms with Gasteiger partial charge in [0, 0.05) is 30.2 Å². The van der Waals surface area contributed by atoms with Gasteiger partial charge in [-0.15, -0.1) is 0 Å². The van der Waals surface area contributed by atoms with E-state index in [1.807, 2.05) is 0 Å². The van der Waals surface area contributed by atoms with Gasteiger partial charge >= 0.3 is 0 Å². The molecule has 92 valence electrons. The maximum absolute atomic E-state index is 6.12. The van der Waals surface area contributed by atoms with Crippen molar-refractivity contribution in [3.8, 4) is 0 Å². The largest absolute Gasteiger partial charge is 0.350 e. The number of aryl methyl sites for hydroxylation is 1. The Morgan fingerprint density at radius 3 is 2.47 bits per heavy atom. The van der Waals surface area contributed by atoms with Crippen molar-refractivity contribution in [3.05, 3.63) is 36.0 Å². The summed E-state index contributed by atoms with van der Waals surface area (Å²) in [6, 6.07) is 8.83. The minimum absolute atomic E-state index is 0.107. The van der Waals surface area contributed by atoms with Crippen LogP contribution in [0.25, 0.3) is 10.9 Å². The number of rotatable bonds is 3. The third kappa shape index (κ3) is 2.08. The zero-order chi connectivity index (χ0) is 12.6. The van der Waals surface area contributed by atoms with Crippen LogP contribution in [0.5, 0.6) is 0 Å². The standard InChI is InChI=1S/C14H21N3/c1-10(15)14(16(2)3)12-9-17(4)13-8-6-5-7-11(12)13/h5-10,14H,15H2,1-4H3. The molecular weight excluding hydrogens is 210 g/mol. The van der Waals surface area contributed by atoms with Gasteiger partial charge in [-0.2, -0.15) is 0 Å². The summed E-state index contributed by atoms with van der Waals surface area (Å²) in [5.74, 6) is 0. The highest BCUT2D eigenvalue weighted by molar-refractivity contribution is 5.84. The normalized spacial score (nSPS) is 15.4. The second kappa shape index (κ2) is 4.51. The molecule has 0 aliphatic carbocycles. The Morgan fingerprint density at radius 2 is 1.88 bits per heavy atom. The van der Waals surface area contributed by atoms with Crippen LogP contribution in [0.2, 0.25) is 0 Å². The first kappa shape index (κ1) is 12.1. The molecule has 2 atom stereocenters. The van der Waals surface area contributed by atoms with Crippen LogP contribution in [-0.4, -0.2) is 29.6 Å². The van der Waals surface area contributed by atoms with E-state index in [0.717, 1.165) is 0 Å². The number of nitrogens with two attached hydrogens (primary N) is 1. The molecule has 3 heteroatoms. The number of benzene rings is 1. The number of hydrogen-bond donors (Lipinski definition) is 1. The summed E-state index contributed by atoms with van der Waals surface area (Å²) in [6.45, 7) is 2.06. The molecule has 0 bridgehead atoms. The summed E-state index contributed by atoms with van der Waals surface area (Å²) in [6.07, 6.45) is 2.19. The molecule has 0 saturated heterocycles. The van der Waals surface area contributed by atoms with Gasteiger partial charge in [-0.25, -0.2) is 0 Å². The summed E-state index contributed by atoms with van der Waals surface area (Å²) < 4.78 is 2.17. The van der Waals surface area contributed by atoms with Gasteiger partial charge in [0.1, 0.15) is 0 Å². The van der Waals surface area contributed by atoms with E-state index in [4.69, 9.17) is 5.73 Å². The number of para-hydroxylation sites is 1. The van der Waals surface area contributed by atoms with E-state index in [-0.39, 0.29) is 12.1 Å². The van der Waals surface area contributed by atoms with Gasteiger partial charge in [-0.05, 0) is 32.6 Å². The lowest BCUT2D eigenvalue weighted by Crippen LogP contribution is -2.34. The third-order valence-corrected chi connectivity index (χ3v) is 3.30. The molecule has 0 radical (unpaired) electrons. The van der Waals surface area contributed by atoms with Crippen LogP contribution < -0.4 is 5.73 Å². The maximum Gasteiger partial charge on any atom is 0.0512 e. The highest BCUT2D eigenvalue weighted by atomic mass is 15.1. The Morgan fingerprint density at radius 1 is 1.24 bits per heavy atom. The average Bonchev–Trinajstić information content (AvgIpc) is 2.56. The first-order valence-electron chi connectivity index (χ1n) is 5.98. The minimum Gasteiger partial charge on any atom is -0.350 e. The smallest absolute Gasteiger partial charge is 0.0512 e. The zero-order valence-electron chi connectivity index (χ0n) is 11.0. The molecule has 0 saturated carbocycles. The second-order valence-electron chi connectivity index (χ2n) is 4.98. The van der Waals surface area contributed by atoms with Crippen LogP contribution in [0.1, 0.15) is 18.5 Å². The summed E-state index contributed by atoms with van der Waals surface area (Å²) in [5.41, 5.74) is 8.69. The van der Waals surface area contributed by atoms with E-state index in [0.29, 0.717) is 0 Å². The van der Waals surface area contributed by atoms with Crippen molar-refractivity contribution >= 4 is 10.9 Å². The van der Waals surface area contributed by atoms with Crippen molar-refractivity contribution < 1.29 is 0 Å². The minimum atomic E-state index is 0.107. The Bertz CT molecular complexity index is 503. The van der Waals surface area contributed by atoms with Gasteiger partial charge in [-0.1, -0.05) is 18.2 Å². The van der Waals surface area contributed by atoms with Gasteiger partial charge in [0.05, 0.1) is 6.04 Å². The van der Waals surface area contributed by atoms with E-state index in [1.54, 1.807) is 0 Å². The van der Waals surface area contributed by atoms with Crippen molar-refractivity contribution in [2.45, 2.75) is 19.0 Å². The fourth-order valence-corrected chi connectivity index (χ4v) is 2.64. The van der Waals surface area contributed by atoms with E-state index in [9.17, 15) is 0 Å². The molecule has 2 N–H and O–H groups in total. The summed E-state index contributed by atoms with van der Waals surface area (Å²) in [4.78, 5) is 2.19. The van der Waals surface area contributed by atoms with Gasteiger partial charge in [0.2, 0.25) is 0 Å². The molecule has 1 aromatic heterocycles. The SMILES string of the molecule is CC(N)C(c1cn(C)c2ccccc12)N(C)C. The highest BCUT2D eigenvalue weighted by Gasteiger charge is 2.22. The molecule has 3 nitrogen and oxygen atoms in total. The monoisotopic (exact) mass is 231 g/mol. The van der Waals surface area contributed by atoms with Crippen molar-refractivity contribution in [1.82, 2.24) is 9.47 Å². The van der Waals surface area contributed by atoms with Gasteiger partial charge in [-0.3, -0.25) is 0 Å². The molecule has 17 heavy (non-hydrogen) atoms. The van der Waals surface area contributed by atoms with Crippen LogP contribution in [-0.2, 0) is 7.05 Å². The molecule has 1 heterocycles. The molecule has 2 unspecified atom stereocenters. The molecule has 0 aliphatic rings. The predicted octanol–water partition coefficient (Wildman–Crippen LogP) is 2.13. The lowest BCUT2D eigenvalue weighted by molar-refractivity contribution is 0.267. The van der Waals surface area contributed by atoms with Crippen LogP contribution in [0.3, 0.4) is 0 Å². The molecule has 0 fully saturated rings. The molecular formula is C14H21N3. The number of likely N-dealkylation sites (N-methyl/N-ethyl adjacent to an activating group) is 1. The molecule has 2 aromatic rings. The van der Waals surface area contributed by atoms with Gasteiger partial charge in [0.15, 0.2) is 0 Å². The van der Waals surface area contributed by atoms with E-state index < -0.39 is 0 Å². The molecule has 2 rings (SSSR count). The molecule has 0 spiro atoms. The van der Waals surface area contributed by atoms with Crippen LogP contribution in [0.15, 0.2) is 30.5 Å². The average molecular weight is 231 g/mol. The van der Waals surface area contributed by atoms with Crippen LogP contribution in [0, 0.1) is 0 Å². The lowest BCUT2D eigenvalue weighted by Gasteiger charge is -2.27. The van der Waals surface area contributed by atoms with Crippen LogP contribution in [0.4, 0.5) is 0 Å². The number of hydrogen-bond acceptors (Lipinski definition) is 2. The van der Waals surface area contributed by atoms with Crippen molar-refractivity contribution in [3.63, 3.8) is 0 Å². The first-order chi connectivity index (χ1) is 8.02. The summed E-state index contributed by atoms with van der Waals surface area (Å²) in [5, 5.41) is 1.30. The fraction of sp³-hybridized carbons (Fsp3) is 0.429. The number of nitrogens with zero attached hydrogens (tertiary/aromatic N) is 2. The number of aromatic nitrogens is 1. The molecule has 1 aromatic carbocycles. The zero-order valence-corrected chi connectivity index (χ0v) is 11.0. The number of fused-ring (bicyclic) bond motifs is 1. The predicted molar refractivity (Wildman–Crippen MR) is 73.0 cm³/mol. The molecule has 0 amide bonds. The topological polar surface area (TPSA) is 34.2 Å². The van der Waals surface area contributed by atoms with E-state index in [2.05, 4.69) is 68.0 Å². The second-order valence-corrected chi connectivity index (χ2v) is 4.98. The van der Waals surface area contributed by atoms with Crippen LogP contribution >= 0.6 is 0 Å². The maximum atomic E-state index is 6.12. The Kier molecular flexibility index (Phi) is 3.22. The van der Waals surface area contributed by atoms with Gasteiger partial charge < -0.3 is 15.2 Å². The Hall–Kier alpha value is -1.32. The van der Waals surface area contributed by atoms with Gasteiger partial charge in [0.25, 0.3) is 0 Å². The van der Waals surface area contributed by atoms with E-state index >= 15 is 0 Å². The van der Waals surface area contributed by atoms with Crippen molar-refractivity contribution in [2.24, 2.45) is 12.8 Å². The highest BCUT2D eigenvalue weighted by Crippen LogP contribution is 2.29. The Labute approximate surface area is 103 Å². The first-order valence-corrected chi connectivity index (χ1v) is 5.98. The lowest BCUT2D eigenvalue weighted by atomic mass is 9.99. The Balaban J connectivity index is 2.61. The van der Waals surface area contributed by atoms with Crippen molar-refractivity contribution in [2.75, 3.05) is 14.1 Å². The molecule has 0 aliphatic heterocycles. The van der Waals surface area contributed by atoms with E-state index in [1.165, 1.54) is 16.5 Å². The third-order valence-electron chi connectivity index (χ3n) is 3.30. The summed E-state index contributed by atoms with van der Waals surface area (Å²) in [7, 11) is 6.24.